The summed E-state index contributed by atoms with van der Waals surface area (Å²) in [6, 6.07) is 4.53. The number of aryl methyl sites for hydroxylation is 1. The molecular weight excluding hydrogens is 268 g/mol. The zero-order valence-electron chi connectivity index (χ0n) is 10.5. The highest BCUT2D eigenvalue weighted by atomic mass is 32.2. The number of anilines is 2. The summed E-state index contributed by atoms with van der Waals surface area (Å²) in [4.78, 5) is 4.07. The van der Waals surface area contributed by atoms with Crippen molar-refractivity contribution in [3.63, 3.8) is 0 Å². The highest BCUT2D eigenvalue weighted by molar-refractivity contribution is 7.92. The van der Waals surface area contributed by atoms with E-state index < -0.39 is 10.0 Å². The standard InChI is InChI=1S/C11H14N4O3S/c1-3-12-11-9(5-4-6-13-11)19(16,17)15-10-7-8(2)14-18-10/h4-7,15H,3H2,1-2H3,(H,12,13). The fourth-order valence-electron chi connectivity index (χ4n) is 1.51. The molecule has 7 nitrogen and oxygen atoms in total. The Morgan fingerprint density at radius 2 is 2.21 bits per heavy atom. The molecule has 0 aliphatic rings. The number of rotatable bonds is 5. The summed E-state index contributed by atoms with van der Waals surface area (Å²) in [5, 5.41) is 6.52. The van der Waals surface area contributed by atoms with Crippen LogP contribution in [0.2, 0.25) is 0 Å². The molecule has 0 atom stereocenters. The first-order valence-corrected chi connectivity index (χ1v) is 7.16. The van der Waals surface area contributed by atoms with Crippen LogP contribution >= 0.6 is 0 Å². The van der Waals surface area contributed by atoms with Gasteiger partial charge in [-0.15, -0.1) is 0 Å². The molecule has 2 rings (SSSR count). The zero-order chi connectivity index (χ0) is 13.9. The zero-order valence-corrected chi connectivity index (χ0v) is 11.4. The van der Waals surface area contributed by atoms with Crippen molar-refractivity contribution in [2.24, 2.45) is 0 Å². The molecule has 0 unspecified atom stereocenters. The van der Waals surface area contributed by atoms with Crippen LogP contribution in [0.25, 0.3) is 0 Å². The molecule has 2 heterocycles. The minimum absolute atomic E-state index is 0.0610. The number of hydrogen-bond acceptors (Lipinski definition) is 6. The number of hydrogen-bond donors (Lipinski definition) is 2. The van der Waals surface area contributed by atoms with Gasteiger partial charge in [0.25, 0.3) is 10.0 Å². The molecule has 2 aromatic heterocycles. The lowest BCUT2D eigenvalue weighted by Gasteiger charge is -2.09. The van der Waals surface area contributed by atoms with Crippen molar-refractivity contribution in [2.75, 3.05) is 16.6 Å². The SMILES string of the molecule is CCNc1ncccc1S(=O)(=O)Nc1cc(C)no1. The molecule has 0 saturated heterocycles. The third-order valence-electron chi connectivity index (χ3n) is 2.27. The van der Waals surface area contributed by atoms with Gasteiger partial charge in [0, 0.05) is 18.8 Å². The molecular formula is C11H14N4O3S. The predicted octanol–water partition coefficient (Wildman–Crippen LogP) is 1.61. The van der Waals surface area contributed by atoms with Crippen molar-refractivity contribution in [2.45, 2.75) is 18.7 Å². The molecule has 0 fully saturated rings. The number of sulfonamides is 1. The van der Waals surface area contributed by atoms with E-state index in [4.69, 9.17) is 4.52 Å². The Hall–Kier alpha value is -2.09. The maximum absolute atomic E-state index is 12.2. The Balaban J connectivity index is 2.34. The van der Waals surface area contributed by atoms with Crippen LogP contribution in [-0.2, 0) is 10.0 Å². The van der Waals surface area contributed by atoms with Gasteiger partial charge in [-0.05, 0) is 26.0 Å². The van der Waals surface area contributed by atoms with Crippen LogP contribution in [0.3, 0.4) is 0 Å². The van der Waals surface area contributed by atoms with Crippen LogP contribution in [0, 0.1) is 6.92 Å². The van der Waals surface area contributed by atoms with E-state index in [1.807, 2.05) is 6.92 Å². The second-order valence-corrected chi connectivity index (χ2v) is 5.47. The fourth-order valence-corrected chi connectivity index (χ4v) is 2.61. The summed E-state index contributed by atoms with van der Waals surface area (Å²) in [6.07, 6.45) is 1.52. The van der Waals surface area contributed by atoms with E-state index in [1.165, 1.54) is 18.3 Å². The van der Waals surface area contributed by atoms with Gasteiger partial charge < -0.3 is 9.84 Å². The summed E-state index contributed by atoms with van der Waals surface area (Å²) in [7, 11) is -3.76. The monoisotopic (exact) mass is 282 g/mol. The summed E-state index contributed by atoms with van der Waals surface area (Å²) in [6.45, 7) is 4.13. The average molecular weight is 282 g/mol. The van der Waals surface area contributed by atoms with E-state index in [1.54, 1.807) is 13.0 Å². The van der Waals surface area contributed by atoms with Crippen molar-refractivity contribution in [1.82, 2.24) is 10.1 Å². The Kier molecular flexibility index (Phi) is 3.70. The minimum Gasteiger partial charge on any atom is -0.369 e. The third-order valence-corrected chi connectivity index (χ3v) is 3.65. The van der Waals surface area contributed by atoms with Crippen molar-refractivity contribution >= 4 is 21.7 Å². The van der Waals surface area contributed by atoms with Crippen LogP contribution in [0.5, 0.6) is 0 Å². The van der Waals surface area contributed by atoms with E-state index in [-0.39, 0.29) is 10.8 Å². The van der Waals surface area contributed by atoms with Crippen LogP contribution in [0.1, 0.15) is 12.6 Å². The molecule has 2 N–H and O–H groups in total. The van der Waals surface area contributed by atoms with Crippen molar-refractivity contribution in [3.8, 4) is 0 Å². The first-order chi connectivity index (χ1) is 9.03. The van der Waals surface area contributed by atoms with Gasteiger partial charge in [0.1, 0.15) is 10.7 Å². The van der Waals surface area contributed by atoms with E-state index in [0.717, 1.165) is 0 Å². The molecule has 2 aromatic rings. The van der Waals surface area contributed by atoms with Gasteiger partial charge in [-0.25, -0.2) is 18.1 Å². The Morgan fingerprint density at radius 3 is 2.84 bits per heavy atom. The van der Waals surface area contributed by atoms with Gasteiger partial charge in [-0.3, -0.25) is 0 Å². The third kappa shape index (κ3) is 3.02. The maximum atomic E-state index is 12.2. The maximum Gasteiger partial charge on any atom is 0.267 e. The largest absolute Gasteiger partial charge is 0.369 e. The lowest BCUT2D eigenvalue weighted by Crippen LogP contribution is -2.15. The summed E-state index contributed by atoms with van der Waals surface area (Å²) >= 11 is 0. The van der Waals surface area contributed by atoms with Crippen LogP contribution in [0.4, 0.5) is 11.7 Å². The van der Waals surface area contributed by atoms with E-state index in [2.05, 4.69) is 20.2 Å². The van der Waals surface area contributed by atoms with Crippen molar-refractivity contribution < 1.29 is 12.9 Å². The molecule has 0 aliphatic heterocycles. The molecule has 0 radical (unpaired) electrons. The molecule has 0 aliphatic carbocycles. The predicted molar refractivity (Wildman–Crippen MR) is 70.4 cm³/mol. The molecule has 0 spiro atoms. The molecule has 8 heteroatoms. The second kappa shape index (κ2) is 5.27. The first kappa shape index (κ1) is 13.3. The lowest BCUT2D eigenvalue weighted by molar-refractivity contribution is 0.430. The molecule has 19 heavy (non-hydrogen) atoms. The fraction of sp³-hybridized carbons (Fsp3) is 0.273. The number of aromatic nitrogens is 2. The normalized spacial score (nSPS) is 11.3. The molecule has 0 aromatic carbocycles. The van der Waals surface area contributed by atoms with Crippen LogP contribution in [0.15, 0.2) is 33.8 Å². The quantitative estimate of drug-likeness (QED) is 0.864. The highest BCUT2D eigenvalue weighted by Gasteiger charge is 2.20. The van der Waals surface area contributed by atoms with Gasteiger partial charge in [-0.2, -0.15) is 0 Å². The Bertz CT molecular complexity index is 666. The lowest BCUT2D eigenvalue weighted by atomic mass is 10.4. The average Bonchev–Trinajstić information content (AvgIpc) is 2.75. The summed E-state index contributed by atoms with van der Waals surface area (Å²) < 4.78 is 31.6. The van der Waals surface area contributed by atoms with Gasteiger partial charge in [-0.1, -0.05) is 5.16 Å². The smallest absolute Gasteiger partial charge is 0.267 e. The van der Waals surface area contributed by atoms with Gasteiger partial charge in [0.05, 0.1) is 5.69 Å². The number of pyridine rings is 1. The van der Waals surface area contributed by atoms with Crippen molar-refractivity contribution in [1.29, 1.82) is 0 Å². The van der Waals surface area contributed by atoms with Crippen LogP contribution in [-0.4, -0.2) is 25.1 Å². The van der Waals surface area contributed by atoms with E-state index in [0.29, 0.717) is 18.1 Å². The van der Waals surface area contributed by atoms with E-state index >= 15 is 0 Å². The van der Waals surface area contributed by atoms with Gasteiger partial charge >= 0.3 is 0 Å². The van der Waals surface area contributed by atoms with Gasteiger partial charge in [0.15, 0.2) is 0 Å². The molecule has 0 bridgehead atoms. The summed E-state index contributed by atoms with van der Waals surface area (Å²) in [5.41, 5.74) is 0.593. The molecule has 0 saturated carbocycles. The molecule has 0 amide bonds. The van der Waals surface area contributed by atoms with E-state index in [9.17, 15) is 8.42 Å². The van der Waals surface area contributed by atoms with Crippen molar-refractivity contribution in [3.05, 3.63) is 30.1 Å². The number of nitrogens with one attached hydrogen (secondary N) is 2. The first-order valence-electron chi connectivity index (χ1n) is 5.68. The second-order valence-electron chi connectivity index (χ2n) is 3.82. The highest BCUT2D eigenvalue weighted by Crippen LogP contribution is 2.21. The Labute approximate surface area is 111 Å². The van der Waals surface area contributed by atoms with Gasteiger partial charge in [0.2, 0.25) is 5.88 Å². The summed E-state index contributed by atoms with van der Waals surface area (Å²) in [5.74, 6) is 0.373. The van der Waals surface area contributed by atoms with Crippen LogP contribution < -0.4 is 10.0 Å². The number of nitrogens with zero attached hydrogens (tertiary/aromatic N) is 2. The minimum atomic E-state index is -3.76. The topological polar surface area (TPSA) is 97.1 Å². The Morgan fingerprint density at radius 1 is 1.42 bits per heavy atom. The molecule has 102 valence electrons.